The van der Waals surface area contributed by atoms with E-state index in [2.05, 4.69) is 81.8 Å². The van der Waals surface area contributed by atoms with E-state index < -0.39 is 0 Å². The van der Waals surface area contributed by atoms with Crippen molar-refractivity contribution < 1.29 is 4.79 Å². The van der Waals surface area contributed by atoms with Crippen LogP contribution in [0.15, 0.2) is 60.7 Å². The van der Waals surface area contributed by atoms with Crippen LogP contribution < -0.4 is 15.5 Å². The fraction of sp³-hybridized carbons (Fsp3) is 0.385. The Morgan fingerprint density at radius 1 is 1.00 bits per heavy atom. The Hall–Kier alpha value is -3.32. The summed E-state index contributed by atoms with van der Waals surface area (Å²) >= 11 is 0. The third-order valence-electron chi connectivity index (χ3n) is 6.24. The summed E-state index contributed by atoms with van der Waals surface area (Å²) in [5, 5.41) is 10.5. The minimum absolute atomic E-state index is 0.173. The number of aryl methyl sites for hydroxylation is 2. The zero-order chi connectivity index (χ0) is 23.2. The Morgan fingerprint density at radius 3 is 2.45 bits per heavy atom. The average Bonchev–Trinajstić information content (AvgIpc) is 3.14. The van der Waals surface area contributed by atoms with Crippen molar-refractivity contribution in [1.82, 2.24) is 20.0 Å². The summed E-state index contributed by atoms with van der Waals surface area (Å²) in [6, 6.07) is 20.7. The number of piperazine rings is 1. The van der Waals surface area contributed by atoms with E-state index in [1.807, 2.05) is 29.8 Å². The van der Waals surface area contributed by atoms with Gasteiger partial charge in [0.25, 0.3) is 0 Å². The van der Waals surface area contributed by atoms with Crippen LogP contribution in [0.5, 0.6) is 0 Å². The number of urea groups is 1. The highest BCUT2D eigenvalue weighted by Gasteiger charge is 2.21. The van der Waals surface area contributed by atoms with Crippen molar-refractivity contribution in [2.45, 2.75) is 33.4 Å². The Morgan fingerprint density at radius 2 is 1.76 bits per heavy atom. The number of anilines is 2. The minimum Gasteiger partial charge on any atom is -0.369 e. The van der Waals surface area contributed by atoms with Gasteiger partial charge in [0, 0.05) is 55.8 Å². The van der Waals surface area contributed by atoms with Gasteiger partial charge in [-0.3, -0.25) is 9.58 Å². The van der Waals surface area contributed by atoms with Crippen LogP contribution in [0.25, 0.3) is 0 Å². The van der Waals surface area contributed by atoms with Gasteiger partial charge < -0.3 is 15.5 Å². The van der Waals surface area contributed by atoms with Crippen molar-refractivity contribution in [3.8, 4) is 0 Å². The second kappa shape index (κ2) is 10.5. The van der Waals surface area contributed by atoms with Crippen LogP contribution in [0.4, 0.5) is 16.2 Å². The first-order valence-corrected chi connectivity index (χ1v) is 11.7. The molecule has 2 aromatic carbocycles. The molecule has 3 aromatic rings. The van der Waals surface area contributed by atoms with Gasteiger partial charge in [-0.05, 0) is 56.7 Å². The molecule has 0 radical (unpaired) electrons. The summed E-state index contributed by atoms with van der Waals surface area (Å²) in [5.74, 6) is 0. The summed E-state index contributed by atoms with van der Waals surface area (Å²) in [6.45, 7) is 11.5. The van der Waals surface area contributed by atoms with E-state index in [1.165, 1.54) is 5.69 Å². The maximum atomic E-state index is 12.5. The van der Waals surface area contributed by atoms with Crippen LogP contribution in [0.3, 0.4) is 0 Å². The lowest BCUT2D eigenvalue weighted by Crippen LogP contribution is -2.52. The number of nitrogens with one attached hydrogen (secondary N) is 2. The van der Waals surface area contributed by atoms with Crippen LogP contribution >= 0.6 is 0 Å². The largest absolute Gasteiger partial charge is 0.369 e. The standard InChI is InChI=1S/C26H34N6O/c1-20-16-21(2)32(29-20)19-23-8-7-9-24(17-23)28-26(33)27-18-22(3)30-12-14-31(15-13-30)25-10-5-4-6-11-25/h4-11,16-17,22H,12-15,18-19H2,1-3H3,(H2,27,28,33). The lowest BCUT2D eigenvalue weighted by Gasteiger charge is -2.39. The molecule has 7 nitrogen and oxygen atoms in total. The summed E-state index contributed by atoms with van der Waals surface area (Å²) in [6.07, 6.45) is 0. The highest BCUT2D eigenvalue weighted by atomic mass is 16.2. The lowest BCUT2D eigenvalue weighted by molar-refractivity contribution is 0.192. The van der Waals surface area contributed by atoms with Crippen molar-refractivity contribution >= 4 is 17.4 Å². The van der Waals surface area contributed by atoms with Gasteiger partial charge in [0.15, 0.2) is 0 Å². The van der Waals surface area contributed by atoms with Crippen molar-refractivity contribution in [2.24, 2.45) is 0 Å². The number of hydrogen-bond donors (Lipinski definition) is 2. The van der Waals surface area contributed by atoms with E-state index in [0.717, 1.165) is 48.8 Å². The molecule has 1 saturated heterocycles. The van der Waals surface area contributed by atoms with E-state index in [0.29, 0.717) is 13.1 Å². The number of aromatic nitrogens is 2. The second-order valence-electron chi connectivity index (χ2n) is 8.83. The molecule has 2 N–H and O–H groups in total. The predicted octanol–water partition coefficient (Wildman–Crippen LogP) is 3.88. The van der Waals surface area contributed by atoms with Crippen LogP contribution in [-0.2, 0) is 6.54 Å². The van der Waals surface area contributed by atoms with Crippen LogP contribution in [0.1, 0.15) is 23.9 Å². The van der Waals surface area contributed by atoms with E-state index in [1.54, 1.807) is 0 Å². The van der Waals surface area contributed by atoms with E-state index in [-0.39, 0.29) is 12.1 Å². The topological polar surface area (TPSA) is 65.4 Å². The molecule has 0 aliphatic carbocycles. The molecule has 2 heterocycles. The number of rotatable bonds is 7. The number of carbonyl (C=O) groups excluding carboxylic acids is 1. The summed E-state index contributed by atoms with van der Waals surface area (Å²) in [7, 11) is 0. The Kier molecular flexibility index (Phi) is 7.29. The maximum absolute atomic E-state index is 12.5. The Bertz CT molecular complexity index is 1060. The van der Waals surface area contributed by atoms with Gasteiger partial charge in [-0.25, -0.2) is 4.79 Å². The van der Waals surface area contributed by atoms with E-state index in [4.69, 9.17) is 0 Å². The van der Waals surface area contributed by atoms with Crippen molar-refractivity contribution in [3.05, 3.63) is 77.6 Å². The van der Waals surface area contributed by atoms with Gasteiger partial charge in [-0.2, -0.15) is 5.10 Å². The smallest absolute Gasteiger partial charge is 0.319 e. The second-order valence-corrected chi connectivity index (χ2v) is 8.83. The van der Waals surface area contributed by atoms with E-state index in [9.17, 15) is 4.79 Å². The third-order valence-corrected chi connectivity index (χ3v) is 6.24. The quantitative estimate of drug-likeness (QED) is 0.578. The Balaban J connectivity index is 1.23. The first-order valence-electron chi connectivity index (χ1n) is 11.7. The van der Waals surface area contributed by atoms with Gasteiger partial charge in [-0.1, -0.05) is 30.3 Å². The van der Waals surface area contributed by atoms with Gasteiger partial charge in [0.05, 0.1) is 12.2 Å². The number of benzene rings is 2. The summed E-state index contributed by atoms with van der Waals surface area (Å²) < 4.78 is 1.98. The number of hydrogen-bond acceptors (Lipinski definition) is 4. The van der Waals surface area contributed by atoms with Gasteiger partial charge in [-0.15, -0.1) is 0 Å². The zero-order valence-electron chi connectivity index (χ0n) is 19.8. The zero-order valence-corrected chi connectivity index (χ0v) is 19.8. The molecule has 1 aliphatic heterocycles. The van der Waals surface area contributed by atoms with Crippen molar-refractivity contribution in [3.63, 3.8) is 0 Å². The molecule has 4 rings (SSSR count). The monoisotopic (exact) mass is 446 g/mol. The highest BCUT2D eigenvalue weighted by molar-refractivity contribution is 5.89. The fourth-order valence-corrected chi connectivity index (χ4v) is 4.36. The molecular formula is C26H34N6O. The van der Waals surface area contributed by atoms with Gasteiger partial charge in [0.2, 0.25) is 0 Å². The van der Waals surface area contributed by atoms with Gasteiger partial charge >= 0.3 is 6.03 Å². The molecule has 0 saturated carbocycles. The Labute approximate surface area is 196 Å². The van der Waals surface area contributed by atoms with Crippen molar-refractivity contribution in [1.29, 1.82) is 0 Å². The molecule has 0 bridgehead atoms. The van der Waals surface area contributed by atoms with Crippen LogP contribution in [-0.4, -0.2) is 59.5 Å². The van der Waals surface area contributed by atoms with Crippen LogP contribution in [0.2, 0.25) is 0 Å². The molecule has 2 amide bonds. The fourth-order valence-electron chi connectivity index (χ4n) is 4.36. The molecule has 1 atom stereocenters. The molecule has 1 aliphatic rings. The molecule has 1 aromatic heterocycles. The van der Waals surface area contributed by atoms with Crippen LogP contribution in [0, 0.1) is 13.8 Å². The molecule has 33 heavy (non-hydrogen) atoms. The molecule has 0 spiro atoms. The normalized spacial score (nSPS) is 15.3. The highest BCUT2D eigenvalue weighted by Crippen LogP contribution is 2.17. The first kappa shape index (κ1) is 22.9. The third kappa shape index (κ3) is 6.14. The summed E-state index contributed by atoms with van der Waals surface area (Å²) in [5.41, 5.74) is 5.31. The molecule has 1 unspecified atom stereocenters. The number of carbonyl (C=O) groups is 1. The number of amides is 2. The van der Waals surface area contributed by atoms with Gasteiger partial charge in [0.1, 0.15) is 0 Å². The molecule has 1 fully saturated rings. The molecular weight excluding hydrogens is 412 g/mol. The molecule has 7 heteroatoms. The minimum atomic E-state index is -0.173. The predicted molar refractivity (Wildman–Crippen MR) is 134 cm³/mol. The number of para-hydroxylation sites is 1. The number of nitrogens with zero attached hydrogens (tertiary/aromatic N) is 4. The van der Waals surface area contributed by atoms with E-state index >= 15 is 0 Å². The maximum Gasteiger partial charge on any atom is 0.319 e. The lowest BCUT2D eigenvalue weighted by atomic mass is 10.2. The van der Waals surface area contributed by atoms with Crippen molar-refractivity contribution in [2.75, 3.05) is 42.9 Å². The summed E-state index contributed by atoms with van der Waals surface area (Å²) in [4.78, 5) is 17.4. The first-order chi connectivity index (χ1) is 16.0. The average molecular weight is 447 g/mol. The SMILES string of the molecule is Cc1cc(C)n(Cc2cccc(NC(=O)NCC(C)N3CCN(c4ccccc4)CC3)c2)n1. The molecule has 174 valence electrons.